The minimum atomic E-state index is -0.0236. The molecule has 2 heteroatoms. The van der Waals surface area contributed by atoms with Gasteiger partial charge in [0.2, 0.25) is 0 Å². The molecule has 0 aromatic heterocycles. The molecule has 2 atom stereocenters. The minimum Gasteiger partial charge on any atom is -0.394 e. The molecule has 0 radical (unpaired) electrons. The van der Waals surface area contributed by atoms with Gasteiger partial charge in [-0.1, -0.05) is 11.6 Å². The fraction of sp³-hybridized carbons (Fsp3) is 0.818. The standard InChI is InChI=1S/C11H20O2/c1-9(2)6-4-5-7-11(3)10(8-12)13-11/h6,10,12H,4-5,7-8H2,1-3H3. The second-order valence-corrected chi connectivity index (χ2v) is 4.28. The smallest absolute Gasteiger partial charge is 0.110 e. The number of rotatable bonds is 5. The molecule has 2 nitrogen and oxygen atoms in total. The fourth-order valence-electron chi connectivity index (χ4n) is 1.59. The van der Waals surface area contributed by atoms with E-state index in [9.17, 15) is 0 Å². The molecule has 76 valence electrons. The van der Waals surface area contributed by atoms with Crippen LogP contribution in [0, 0.1) is 0 Å². The van der Waals surface area contributed by atoms with E-state index in [1.807, 2.05) is 0 Å². The number of unbranched alkanes of at least 4 members (excludes halogenated alkanes) is 1. The lowest BCUT2D eigenvalue weighted by Crippen LogP contribution is -2.11. The van der Waals surface area contributed by atoms with Crippen LogP contribution >= 0.6 is 0 Å². The maximum Gasteiger partial charge on any atom is 0.110 e. The molecule has 1 heterocycles. The van der Waals surface area contributed by atoms with Crippen LogP contribution in [-0.2, 0) is 4.74 Å². The van der Waals surface area contributed by atoms with Crippen LogP contribution in [0.2, 0.25) is 0 Å². The zero-order valence-electron chi connectivity index (χ0n) is 8.84. The molecule has 1 N–H and O–H groups in total. The fourth-order valence-corrected chi connectivity index (χ4v) is 1.59. The Morgan fingerprint density at radius 3 is 2.69 bits per heavy atom. The molecule has 0 spiro atoms. The Balaban J connectivity index is 2.11. The average Bonchev–Trinajstić information content (AvgIpc) is 2.72. The quantitative estimate of drug-likeness (QED) is 0.404. The molecule has 0 aromatic carbocycles. The minimum absolute atomic E-state index is 0.0236. The van der Waals surface area contributed by atoms with Crippen LogP contribution in [0.15, 0.2) is 11.6 Å². The van der Waals surface area contributed by atoms with Gasteiger partial charge in [-0.25, -0.2) is 0 Å². The highest BCUT2D eigenvalue weighted by molar-refractivity contribution is 4.99. The summed E-state index contributed by atoms with van der Waals surface area (Å²) in [6, 6.07) is 0. The summed E-state index contributed by atoms with van der Waals surface area (Å²) in [6.07, 6.45) is 5.68. The van der Waals surface area contributed by atoms with Crippen molar-refractivity contribution in [2.24, 2.45) is 0 Å². The van der Waals surface area contributed by atoms with E-state index < -0.39 is 0 Å². The van der Waals surface area contributed by atoms with Crippen LogP contribution in [0.5, 0.6) is 0 Å². The Labute approximate surface area is 80.6 Å². The number of hydrogen-bond donors (Lipinski definition) is 1. The van der Waals surface area contributed by atoms with Crippen LogP contribution in [0.3, 0.4) is 0 Å². The molecule has 1 fully saturated rings. The Bertz CT molecular complexity index is 194. The van der Waals surface area contributed by atoms with Gasteiger partial charge in [-0.15, -0.1) is 0 Å². The van der Waals surface area contributed by atoms with Gasteiger partial charge in [0.05, 0.1) is 12.2 Å². The van der Waals surface area contributed by atoms with Crippen molar-refractivity contribution in [2.75, 3.05) is 6.61 Å². The summed E-state index contributed by atoms with van der Waals surface area (Å²) in [5, 5.41) is 8.85. The molecule has 13 heavy (non-hydrogen) atoms. The van der Waals surface area contributed by atoms with Gasteiger partial charge in [-0.05, 0) is 40.0 Å². The van der Waals surface area contributed by atoms with Gasteiger partial charge in [0, 0.05) is 0 Å². The highest BCUT2D eigenvalue weighted by atomic mass is 16.6. The average molecular weight is 184 g/mol. The summed E-state index contributed by atoms with van der Waals surface area (Å²) < 4.78 is 5.39. The largest absolute Gasteiger partial charge is 0.394 e. The number of aliphatic hydroxyl groups is 1. The number of allylic oxidation sites excluding steroid dienone is 2. The van der Waals surface area contributed by atoms with Crippen LogP contribution in [-0.4, -0.2) is 23.4 Å². The lowest BCUT2D eigenvalue weighted by molar-refractivity contribution is 0.234. The van der Waals surface area contributed by atoms with Crippen molar-refractivity contribution in [1.29, 1.82) is 0 Å². The van der Waals surface area contributed by atoms with Gasteiger partial charge in [0.1, 0.15) is 6.10 Å². The zero-order valence-corrected chi connectivity index (χ0v) is 8.84. The maximum atomic E-state index is 8.85. The van der Waals surface area contributed by atoms with E-state index in [4.69, 9.17) is 9.84 Å². The van der Waals surface area contributed by atoms with Crippen LogP contribution in [0.25, 0.3) is 0 Å². The third kappa shape index (κ3) is 3.12. The van der Waals surface area contributed by atoms with Crippen molar-refractivity contribution in [2.45, 2.75) is 51.7 Å². The first-order valence-corrected chi connectivity index (χ1v) is 5.00. The Hall–Kier alpha value is -0.340. The molecule has 1 saturated heterocycles. The van der Waals surface area contributed by atoms with E-state index in [2.05, 4.69) is 26.8 Å². The summed E-state index contributed by atoms with van der Waals surface area (Å²) in [5.74, 6) is 0. The lowest BCUT2D eigenvalue weighted by atomic mass is 10.0. The molecule has 1 aliphatic heterocycles. The van der Waals surface area contributed by atoms with Crippen LogP contribution in [0.1, 0.15) is 40.0 Å². The Morgan fingerprint density at radius 1 is 1.54 bits per heavy atom. The zero-order chi connectivity index (χ0) is 9.90. The van der Waals surface area contributed by atoms with Crippen molar-refractivity contribution < 1.29 is 9.84 Å². The lowest BCUT2D eigenvalue weighted by Gasteiger charge is -2.03. The van der Waals surface area contributed by atoms with E-state index in [0.717, 1.165) is 19.3 Å². The van der Waals surface area contributed by atoms with Crippen molar-refractivity contribution >= 4 is 0 Å². The summed E-state index contributed by atoms with van der Waals surface area (Å²) in [7, 11) is 0. The Kier molecular flexibility index (Phi) is 3.51. The summed E-state index contributed by atoms with van der Waals surface area (Å²) >= 11 is 0. The molecule has 0 saturated carbocycles. The van der Waals surface area contributed by atoms with E-state index in [0.29, 0.717) is 0 Å². The number of aliphatic hydroxyl groups excluding tert-OH is 1. The van der Waals surface area contributed by atoms with Gasteiger partial charge in [-0.2, -0.15) is 0 Å². The second kappa shape index (κ2) is 4.25. The van der Waals surface area contributed by atoms with E-state index in [1.165, 1.54) is 5.57 Å². The normalized spacial score (nSPS) is 31.5. The van der Waals surface area contributed by atoms with Gasteiger partial charge in [-0.3, -0.25) is 0 Å². The Morgan fingerprint density at radius 2 is 2.23 bits per heavy atom. The van der Waals surface area contributed by atoms with Crippen LogP contribution < -0.4 is 0 Å². The molecular weight excluding hydrogens is 164 g/mol. The summed E-state index contributed by atoms with van der Waals surface area (Å²) in [4.78, 5) is 0. The van der Waals surface area contributed by atoms with Crippen molar-refractivity contribution in [3.8, 4) is 0 Å². The molecule has 2 unspecified atom stereocenters. The van der Waals surface area contributed by atoms with Crippen molar-refractivity contribution in [3.63, 3.8) is 0 Å². The van der Waals surface area contributed by atoms with Crippen molar-refractivity contribution in [1.82, 2.24) is 0 Å². The van der Waals surface area contributed by atoms with Gasteiger partial charge >= 0.3 is 0 Å². The summed E-state index contributed by atoms with van der Waals surface area (Å²) in [5.41, 5.74) is 1.35. The van der Waals surface area contributed by atoms with Gasteiger partial charge in [0.15, 0.2) is 0 Å². The number of epoxide rings is 1. The third-order valence-corrected chi connectivity index (χ3v) is 2.63. The number of hydrogen-bond acceptors (Lipinski definition) is 2. The van der Waals surface area contributed by atoms with E-state index in [1.54, 1.807) is 0 Å². The predicted molar refractivity (Wildman–Crippen MR) is 53.6 cm³/mol. The number of ether oxygens (including phenoxy) is 1. The van der Waals surface area contributed by atoms with Crippen LogP contribution in [0.4, 0.5) is 0 Å². The molecule has 0 amide bonds. The molecule has 1 aliphatic rings. The van der Waals surface area contributed by atoms with E-state index in [-0.39, 0.29) is 18.3 Å². The van der Waals surface area contributed by atoms with Gasteiger partial charge in [0.25, 0.3) is 0 Å². The molecular formula is C11H20O2. The van der Waals surface area contributed by atoms with Crippen molar-refractivity contribution in [3.05, 3.63) is 11.6 Å². The monoisotopic (exact) mass is 184 g/mol. The van der Waals surface area contributed by atoms with E-state index >= 15 is 0 Å². The highest BCUT2D eigenvalue weighted by Crippen LogP contribution is 2.40. The third-order valence-electron chi connectivity index (χ3n) is 2.63. The first kappa shape index (κ1) is 10.7. The first-order chi connectivity index (χ1) is 6.08. The molecule has 0 aromatic rings. The molecule has 1 rings (SSSR count). The highest BCUT2D eigenvalue weighted by Gasteiger charge is 2.50. The summed E-state index contributed by atoms with van der Waals surface area (Å²) in [6.45, 7) is 6.48. The maximum absolute atomic E-state index is 8.85. The first-order valence-electron chi connectivity index (χ1n) is 5.00. The SMILES string of the molecule is CC(C)=CCCCC1(C)OC1CO. The molecule has 0 bridgehead atoms. The van der Waals surface area contributed by atoms with Gasteiger partial charge < -0.3 is 9.84 Å². The molecule has 0 aliphatic carbocycles. The predicted octanol–water partition coefficient (Wildman–Crippen LogP) is 2.27. The second-order valence-electron chi connectivity index (χ2n) is 4.28. The topological polar surface area (TPSA) is 32.8 Å².